The number of carbonyl (C=O) groups is 1. The standard InChI is InChI=1S/C15H23N3O2/c1-11-6-7-12(19)13(17-11)18-14(20)15(10-16)8-4-2-3-5-9-15/h6-7,19H,2-5,8-10,16H2,1H3,(H,17,18,20). The SMILES string of the molecule is Cc1ccc(O)c(NC(=O)C2(CN)CCCCCC2)n1. The summed E-state index contributed by atoms with van der Waals surface area (Å²) in [6.07, 6.45) is 5.98. The molecule has 4 N–H and O–H groups in total. The first kappa shape index (κ1) is 14.8. The molecule has 1 amide bonds. The third kappa shape index (κ3) is 3.10. The Balaban J connectivity index is 2.18. The van der Waals surface area contributed by atoms with E-state index in [1.54, 1.807) is 12.1 Å². The number of nitrogens with two attached hydrogens (primary N) is 1. The highest BCUT2D eigenvalue weighted by atomic mass is 16.3. The van der Waals surface area contributed by atoms with Crippen LogP contribution in [-0.2, 0) is 4.79 Å². The van der Waals surface area contributed by atoms with Gasteiger partial charge in [0.15, 0.2) is 11.6 Å². The van der Waals surface area contributed by atoms with Crippen molar-refractivity contribution >= 4 is 11.7 Å². The van der Waals surface area contributed by atoms with Crippen LogP contribution in [0.3, 0.4) is 0 Å². The minimum Gasteiger partial charge on any atom is -0.504 e. The van der Waals surface area contributed by atoms with E-state index in [1.165, 1.54) is 0 Å². The Morgan fingerprint density at radius 2 is 2.00 bits per heavy atom. The fourth-order valence-corrected chi connectivity index (χ4v) is 2.81. The first-order valence-corrected chi connectivity index (χ1v) is 7.25. The average Bonchev–Trinajstić information content (AvgIpc) is 2.69. The van der Waals surface area contributed by atoms with Crippen molar-refractivity contribution in [3.8, 4) is 5.75 Å². The third-order valence-corrected chi connectivity index (χ3v) is 4.18. The molecule has 1 fully saturated rings. The number of nitrogens with zero attached hydrogens (tertiary/aromatic N) is 1. The Kier molecular flexibility index (Phi) is 4.60. The van der Waals surface area contributed by atoms with Crippen LogP contribution in [0, 0.1) is 12.3 Å². The summed E-state index contributed by atoms with van der Waals surface area (Å²) in [6, 6.07) is 3.25. The number of carbonyl (C=O) groups excluding carboxylic acids is 1. The second kappa shape index (κ2) is 6.22. The van der Waals surface area contributed by atoms with Crippen molar-refractivity contribution in [2.75, 3.05) is 11.9 Å². The Labute approximate surface area is 119 Å². The lowest BCUT2D eigenvalue weighted by Gasteiger charge is -2.29. The minimum absolute atomic E-state index is 0.00950. The van der Waals surface area contributed by atoms with Crippen molar-refractivity contribution in [3.05, 3.63) is 17.8 Å². The van der Waals surface area contributed by atoms with Gasteiger partial charge in [0.2, 0.25) is 5.91 Å². The molecular formula is C15H23N3O2. The molecule has 5 nitrogen and oxygen atoms in total. The molecule has 5 heteroatoms. The monoisotopic (exact) mass is 277 g/mol. The molecular weight excluding hydrogens is 254 g/mol. The molecule has 1 aliphatic rings. The van der Waals surface area contributed by atoms with Gasteiger partial charge in [-0.3, -0.25) is 4.79 Å². The second-order valence-corrected chi connectivity index (χ2v) is 5.67. The Hall–Kier alpha value is -1.62. The predicted octanol–water partition coefficient (Wildman–Crippen LogP) is 2.33. The summed E-state index contributed by atoms with van der Waals surface area (Å²) in [6.45, 7) is 2.16. The number of aromatic nitrogens is 1. The number of hydrogen-bond acceptors (Lipinski definition) is 4. The molecule has 110 valence electrons. The number of hydrogen-bond donors (Lipinski definition) is 3. The first-order chi connectivity index (χ1) is 9.57. The van der Waals surface area contributed by atoms with E-state index in [9.17, 15) is 9.90 Å². The van der Waals surface area contributed by atoms with Crippen molar-refractivity contribution < 1.29 is 9.90 Å². The summed E-state index contributed by atoms with van der Waals surface area (Å²) in [5.41, 5.74) is 6.12. The summed E-state index contributed by atoms with van der Waals surface area (Å²) in [7, 11) is 0. The zero-order valence-corrected chi connectivity index (χ0v) is 12.0. The lowest BCUT2D eigenvalue weighted by molar-refractivity contribution is -0.125. The fraction of sp³-hybridized carbons (Fsp3) is 0.600. The highest BCUT2D eigenvalue weighted by Crippen LogP contribution is 2.36. The number of nitrogens with one attached hydrogen (secondary N) is 1. The molecule has 1 heterocycles. The number of amides is 1. The van der Waals surface area contributed by atoms with Gasteiger partial charge in [-0.1, -0.05) is 25.7 Å². The summed E-state index contributed by atoms with van der Waals surface area (Å²) in [5.74, 6) is 0.104. The van der Waals surface area contributed by atoms with E-state index in [2.05, 4.69) is 10.3 Å². The molecule has 1 saturated carbocycles. The maximum Gasteiger partial charge on any atom is 0.233 e. The predicted molar refractivity (Wildman–Crippen MR) is 78.5 cm³/mol. The first-order valence-electron chi connectivity index (χ1n) is 7.25. The molecule has 1 aromatic heterocycles. The van der Waals surface area contributed by atoms with Gasteiger partial charge >= 0.3 is 0 Å². The van der Waals surface area contributed by atoms with Crippen molar-refractivity contribution in [2.24, 2.45) is 11.1 Å². The molecule has 0 radical (unpaired) electrons. The maximum atomic E-state index is 12.6. The van der Waals surface area contributed by atoms with E-state index in [0.717, 1.165) is 44.2 Å². The lowest BCUT2D eigenvalue weighted by atomic mass is 9.79. The zero-order chi connectivity index (χ0) is 14.6. The molecule has 0 aliphatic heterocycles. The second-order valence-electron chi connectivity index (χ2n) is 5.67. The van der Waals surface area contributed by atoms with Gasteiger partial charge in [-0.2, -0.15) is 0 Å². The van der Waals surface area contributed by atoms with Gasteiger partial charge in [-0.05, 0) is 31.9 Å². The van der Waals surface area contributed by atoms with Gasteiger partial charge in [0.05, 0.1) is 5.41 Å². The fourth-order valence-electron chi connectivity index (χ4n) is 2.81. The highest BCUT2D eigenvalue weighted by molar-refractivity contribution is 5.95. The summed E-state index contributed by atoms with van der Waals surface area (Å²) in [4.78, 5) is 16.8. The molecule has 0 atom stereocenters. The minimum atomic E-state index is -0.519. The zero-order valence-electron chi connectivity index (χ0n) is 12.0. The van der Waals surface area contributed by atoms with Crippen LogP contribution in [0.25, 0.3) is 0 Å². The topological polar surface area (TPSA) is 88.2 Å². The number of pyridine rings is 1. The van der Waals surface area contributed by atoms with E-state index >= 15 is 0 Å². The smallest absolute Gasteiger partial charge is 0.233 e. The van der Waals surface area contributed by atoms with Crippen LogP contribution in [0.5, 0.6) is 5.75 Å². The normalized spacial score (nSPS) is 18.3. The molecule has 1 aromatic rings. The summed E-state index contributed by atoms with van der Waals surface area (Å²) < 4.78 is 0. The molecule has 1 aliphatic carbocycles. The van der Waals surface area contributed by atoms with Crippen LogP contribution >= 0.6 is 0 Å². The van der Waals surface area contributed by atoms with Crippen LogP contribution in [-0.4, -0.2) is 22.5 Å². The number of anilines is 1. The van der Waals surface area contributed by atoms with Crippen LogP contribution in [0.4, 0.5) is 5.82 Å². The van der Waals surface area contributed by atoms with E-state index < -0.39 is 5.41 Å². The molecule has 0 aromatic carbocycles. The number of rotatable bonds is 3. The molecule has 20 heavy (non-hydrogen) atoms. The van der Waals surface area contributed by atoms with E-state index in [-0.39, 0.29) is 17.5 Å². The maximum absolute atomic E-state index is 12.6. The molecule has 0 saturated heterocycles. The van der Waals surface area contributed by atoms with Crippen LogP contribution in [0.1, 0.15) is 44.2 Å². The Bertz CT molecular complexity index is 480. The van der Waals surface area contributed by atoms with Gasteiger partial charge in [0.1, 0.15) is 0 Å². The Morgan fingerprint density at radius 1 is 1.35 bits per heavy atom. The largest absolute Gasteiger partial charge is 0.504 e. The van der Waals surface area contributed by atoms with Crippen molar-refractivity contribution in [1.82, 2.24) is 4.98 Å². The Morgan fingerprint density at radius 3 is 2.60 bits per heavy atom. The summed E-state index contributed by atoms with van der Waals surface area (Å²) in [5, 5.41) is 12.5. The van der Waals surface area contributed by atoms with Gasteiger partial charge in [-0.15, -0.1) is 0 Å². The molecule has 0 spiro atoms. The third-order valence-electron chi connectivity index (χ3n) is 4.18. The van der Waals surface area contributed by atoms with Crippen LogP contribution < -0.4 is 11.1 Å². The quantitative estimate of drug-likeness (QED) is 0.740. The summed E-state index contributed by atoms with van der Waals surface area (Å²) >= 11 is 0. The van der Waals surface area contributed by atoms with Crippen LogP contribution in [0.2, 0.25) is 0 Å². The number of aryl methyl sites for hydroxylation is 1. The highest BCUT2D eigenvalue weighted by Gasteiger charge is 2.37. The molecule has 0 unspecified atom stereocenters. The van der Waals surface area contributed by atoms with E-state index in [1.807, 2.05) is 6.92 Å². The average molecular weight is 277 g/mol. The van der Waals surface area contributed by atoms with E-state index in [4.69, 9.17) is 5.73 Å². The van der Waals surface area contributed by atoms with Crippen molar-refractivity contribution in [2.45, 2.75) is 45.4 Å². The molecule has 0 bridgehead atoms. The van der Waals surface area contributed by atoms with Crippen molar-refractivity contribution in [1.29, 1.82) is 0 Å². The van der Waals surface area contributed by atoms with E-state index in [0.29, 0.717) is 6.54 Å². The van der Waals surface area contributed by atoms with Crippen LogP contribution in [0.15, 0.2) is 12.1 Å². The lowest BCUT2D eigenvalue weighted by Crippen LogP contribution is -2.42. The van der Waals surface area contributed by atoms with Gasteiger partial charge in [-0.25, -0.2) is 4.98 Å². The number of aromatic hydroxyl groups is 1. The van der Waals surface area contributed by atoms with Crippen molar-refractivity contribution in [3.63, 3.8) is 0 Å². The van der Waals surface area contributed by atoms with Gasteiger partial charge in [0, 0.05) is 12.2 Å². The van der Waals surface area contributed by atoms with Gasteiger partial charge in [0.25, 0.3) is 0 Å². The molecule has 2 rings (SSSR count). The van der Waals surface area contributed by atoms with Gasteiger partial charge < -0.3 is 16.2 Å².